The molecule has 1 amide bonds. The van der Waals surface area contributed by atoms with Crippen molar-refractivity contribution in [3.8, 4) is 0 Å². The van der Waals surface area contributed by atoms with Crippen LogP contribution in [0.5, 0.6) is 0 Å². The highest BCUT2D eigenvalue weighted by molar-refractivity contribution is 6.30. The summed E-state index contributed by atoms with van der Waals surface area (Å²) in [4.78, 5) is 14.6. The monoisotopic (exact) mass is 345 g/mol. The van der Waals surface area contributed by atoms with E-state index in [0.29, 0.717) is 11.6 Å². The highest BCUT2D eigenvalue weighted by atomic mass is 35.5. The Labute approximate surface area is 143 Å². The van der Waals surface area contributed by atoms with Gasteiger partial charge in [0.1, 0.15) is 0 Å². The van der Waals surface area contributed by atoms with Gasteiger partial charge in [0.2, 0.25) is 5.91 Å². The summed E-state index contributed by atoms with van der Waals surface area (Å²) >= 11 is 5.95. The molecule has 1 aromatic rings. The molecular weight excluding hydrogens is 321 g/mol. The molecule has 0 spiro atoms. The maximum atomic E-state index is 12.4. The van der Waals surface area contributed by atoms with Gasteiger partial charge in [0.25, 0.3) is 0 Å². The van der Waals surface area contributed by atoms with E-state index in [2.05, 4.69) is 17.1 Å². The van der Waals surface area contributed by atoms with Crippen molar-refractivity contribution in [1.82, 2.24) is 10.2 Å². The Morgan fingerprint density at radius 2 is 2.32 bits per heavy atom. The maximum absolute atomic E-state index is 12.4. The number of likely N-dealkylation sites (tertiary alicyclic amines) is 1. The van der Waals surface area contributed by atoms with Gasteiger partial charge in [0.15, 0.2) is 0 Å². The number of amides is 1. The standard InChI is InChI=1S/C16H24ClN3O.ClH/c1-2-14(18)11-20-8-4-7-15(20)16(21)19-10-12-5-3-6-13(17)9-12;/h3,5-6,9,14-15H,2,4,7-8,10-11,18H2,1H3,(H,19,21);1H/t14-,15+;/m1./s1. The largest absolute Gasteiger partial charge is 0.351 e. The molecule has 0 radical (unpaired) electrons. The molecule has 1 aliphatic heterocycles. The van der Waals surface area contributed by atoms with Crippen LogP contribution in [0.4, 0.5) is 0 Å². The number of halogens is 2. The van der Waals surface area contributed by atoms with Gasteiger partial charge in [-0.25, -0.2) is 0 Å². The van der Waals surface area contributed by atoms with Gasteiger partial charge in [0, 0.05) is 24.2 Å². The zero-order valence-corrected chi connectivity index (χ0v) is 14.5. The second-order valence-electron chi connectivity index (χ2n) is 5.67. The topological polar surface area (TPSA) is 58.4 Å². The quantitative estimate of drug-likeness (QED) is 0.832. The molecule has 2 rings (SSSR count). The highest BCUT2D eigenvalue weighted by Gasteiger charge is 2.30. The molecule has 6 heteroatoms. The first-order chi connectivity index (χ1) is 10.1. The van der Waals surface area contributed by atoms with Crippen molar-refractivity contribution in [3.05, 3.63) is 34.9 Å². The van der Waals surface area contributed by atoms with Crippen LogP contribution in [0, 0.1) is 0 Å². The first-order valence-electron chi connectivity index (χ1n) is 7.62. The summed E-state index contributed by atoms with van der Waals surface area (Å²) < 4.78 is 0. The van der Waals surface area contributed by atoms with Crippen LogP contribution < -0.4 is 11.1 Å². The third kappa shape index (κ3) is 5.43. The zero-order chi connectivity index (χ0) is 15.2. The van der Waals surface area contributed by atoms with Crippen LogP contribution in [0.1, 0.15) is 31.7 Å². The van der Waals surface area contributed by atoms with E-state index in [1.165, 1.54) is 0 Å². The fourth-order valence-electron chi connectivity index (χ4n) is 2.73. The van der Waals surface area contributed by atoms with Gasteiger partial charge in [-0.2, -0.15) is 0 Å². The van der Waals surface area contributed by atoms with Gasteiger partial charge in [-0.05, 0) is 43.5 Å². The van der Waals surface area contributed by atoms with Crippen molar-refractivity contribution in [2.75, 3.05) is 13.1 Å². The van der Waals surface area contributed by atoms with Gasteiger partial charge in [0.05, 0.1) is 6.04 Å². The minimum absolute atomic E-state index is 0. The molecule has 0 unspecified atom stereocenters. The molecule has 3 N–H and O–H groups in total. The van der Waals surface area contributed by atoms with Crippen molar-refractivity contribution in [2.24, 2.45) is 5.73 Å². The SMILES string of the molecule is CC[C@@H](N)CN1CCC[C@H]1C(=O)NCc1cccc(Cl)c1.Cl. The molecular formula is C16H25Cl2N3O. The zero-order valence-electron chi connectivity index (χ0n) is 12.9. The number of carbonyl (C=O) groups excluding carboxylic acids is 1. The molecule has 1 fully saturated rings. The number of nitrogens with one attached hydrogen (secondary N) is 1. The summed E-state index contributed by atoms with van der Waals surface area (Å²) in [5.41, 5.74) is 7.03. The lowest BCUT2D eigenvalue weighted by molar-refractivity contribution is -0.125. The van der Waals surface area contributed by atoms with Crippen molar-refractivity contribution < 1.29 is 4.79 Å². The molecule has 22 heavy (non-hydrogen) atoms. The van der Waals surface area contributed by atoms with Crippen molar-refractivity contribution in [1.29, 1.82) is 0 Å². The number of carbonyl (C=O) groups is 1. The second-order valence-corrected chi connectivity index (χ2v) is 6.11. The van der Waals surface area contributed by atoms with Crippen LogP contribution >= 0.6 is 24.0 Å². The van der Waals surface area contributed by atoms with Crippen LogP contribution in [0.3, 0.4) is 0 Å². The Balaban J connectivity index is 0.00000242. The molecule has 1 saturated heterocycles. The van der Waals surface area contributed by atoms with Crippen molar-refractivity contribution >= 4 is 29.9 Å². The predicted molar refractivity (Wildman–Crippen MR) is 93.4 cm³/mol. The van der Waals surface area contributed by atoms with E-state index in [4.69, 9.17) is 17.3 Å². The van der Waals surface area contributed by atoms with E-state index in [9.17, 15) is 4.79 Å². The van der Waals surface area contributed by atoms with E-state index < -0.39 is 0 Å². The number of nitrogens with zero attached hydrogens (tertiary/aromatic N) is 1. The fraction of sp³-hybridized carbons (Fsp3) is 0.562. The number of nitrogens with two attached hydrogens (primary N) is 1. The first-order valence-corrected chi connectivity index (χ1v) is 7.99. The lowest BCUT2D eigenvalue weighted by Crippen LogP contribution is -2.47. The van der Waals surface area contributed by atoms with E-state index in [1.54, 1.807) is 0 Å². The summed E-state index contributed by atoms with van der Waals surface area (Å²) in [6.07, 6.45) is 2.91. The second kappa shape index (κ2) is 9.36. The van der Waals surface area contributed by atoms with Crippen LogP contribution in [-0.2, 0) is 11.3 Å². The molecule has 2 atom stereocenters. The third-order valence-electron chi connectivity index (χ3n) is 4.02. The smallest absolute Gasteiger partial charge is 0.237 e. The van der Waals surface area contributed by atoms with Gasteiger partial charge in [-0.3, -0.25) is 9.69 Å². The van der Waals surface area contributed by atoms with E-state index >= 15 is 0 Å². The average Bonchev–Trinajstić information content (AvgIpc) is 2.93. The Morgan fingerprint density at radius 3 is 3.00 bits per heavy atom. The van der Waals surface area contributed by atoms with Crippen LogP contribution in [0.25, 0.3) is 0 Å². The lowest BCUT2D eigenvalue weighted by Gasteiger charge is -2.26. The number of hydrogen-bond donors (Lipinski definition) is 2. The summed E-state index contributed by atoms with van der Waals surface area (Å²) in [5.74, 6) is 0.0933. The number of hydrogen-bond acceptors (Lipinski definition) is 3. The van der Waals surface area contributed by atoms with Gasteiger partial charge >= 0.3 is 0 Å². The molecule has 0 saturated carbocycles. The Kier molecular flexibility index (Phi) is 8.18. The molecule has 0 aromatic heterocycles. The van der Waals surface area contributed by atoms with Gasteiger partial charge in [-0.1, -0.05) is 30.7 Å². The Hall–Kier alpha value is -0.810. The van der Waals surface area contributed by atoms with Crippen LogP contribution in [0.2, 0.25) is 5.02 Å². The predicted octanol–water partition coefficient (Wildman–Crippen LogP) is 2.58. The maximum Gasteiger partial charge on any atom is 0.237 e. The molecule has 1 aromatic carbocycles. The summed E-state index contributed by atoms with van der Waals surface area (Å²) in [5, 5.41) is 3.70. The lowest BCUT2D eigenvalue weighted by atomic mass is 10.1. The van der Waals surface area contributed by atoms with Gasteiger partial charge in [-0.15, -0.1) is 12.4 Å². The molecule has 0 aliphatic carbocycles. The van der Waals surface area contributed by atoms with Crippen molar-refractivity contribution in [2.45, 2.75) is 44.8 Å². The van der Waals surface area contributed by atoms with Crippen molar-refractivity contribution in [3.63, 3.8) is 0 Å². The van der Waals surface area contributed by atoms with Gasteiger partial charge < -0.3 is 11.1 Å². The van der Waals surface area contributed by atoms with E-state index in [1.807, 2.05) is 24.3 Å². The number of rotatable bonds is 6. The van der Waals surface area contributed by atoms with Crippen LogP contribution in [0.15, 0.2) is 24.3 Å². The van der Waals surface area contributed by atoms with Crippen LogP contribution in [-0.4, -0.2) is 36.0 Å². The molecule has 0 bridgehead atoms. The summed E-state index contributed by atoms with van der Waals surface area (Å²) in [7, 11) is 0. The minimum atomic E-state index is -0.0400. The summed E-state index contributed by atoms with van der Waals surface area (Å²) in [6, 6.07) is 7.67. The van der Waals surface area contributed by atoms with E-state index in [-0.39, 0.29) is 30.4 Å². The molecule has 4 nitrogen and oxygen atoms in total. The Bertz CT molecular complexity index is 484. The fourth-order valence-corrected chi connectivity index (χ4v) is 2.94. The summed E-state index contributed by atoms with van der Waals surface area (Å²) in [6.45, 7) is 4.35. The average molecular weight is 346 g/mol. The third-order valence-corrected chi connectivity index (χ3v) is 4.25. The normalized spacial score (nSPS) is 19.5. The Morgan fingerprint density at radius 1 is 1.55 bits per heavy atom. The molecule has 1 aliphatic rings. The molecule has 124 valence electrons. The van der Waals surface area contributed by atoms with E-state index in [0.717, 1.165) is 37.9 Å². The first kappa shape index (κ1) is 19.2. The minimum Gasteiger partial charge on any atom is -0.351 e. The highest BCUT2D eigenvalue weighted by Crippen LogP contribution is 2.18. The molecule has 1 heterocycles. The number of benzene rings is 1.